The van der Waals surface area contributed by atoms with Crippen molar-refractivity contribution < 1.29 is 29.4 Å². The Hall–Kier alpha value is -3.41. The molecule has 194 valence electrons. The zero-order valence-corrected chi connectivity index (χ0v) is 20.7. The molecule has 2 rings (SSSR count). The molecular weight excluding hydrogens is 484 g/mol. The average molecular weight is 517 g/mol. The van der Waals surface area contributed by atoms with Crippen LogP contribution in [0.2, 0.25) is 0 Å². The summed E-state index contributed by atoms with van der Waals surface area (Å²) in [7, 11) is 0. The van der Waals surface area contributed by atoms with Crippen LogP contribution in [0.1, 0.15) is 18.1 Å². The van der Waals surface area contributed by atoms with E-state index in [9.17, 15) is 29.4 Å². The normalized spacial score (nSPS) is 15.0. The summed E-state index contributed by atoms with van der Waals surface area (Å²) in [5, 5.41) is 26.7. The Bertz CT molecular complexity index is 1020. The van der Waals surface area contributed by atoms with Gasteiger partial charge in [-0.1, -0.05) is 60.7 Å². The highest BCUT2D eigenvalue weighted by molar-refractivity contribution is 7.80. The van der Waals surface area contributed by atoms with Crippen molar-refractivity contribution in [2.75, 3.05) is 5.75 Å². The summed E-state index contributed by atoms with van der Waals surface area (Å²) >= 11 is 4.14. The van der Waals surface area contributed by atoms with Gasteiger partial charge in [0.2, 0.25) is 17.7 Å². The summed E-state index contributed by atoms with van der Waals surface area (Å²) in [4.78, 5) is 50.1. The van der Waals surface area contributed by atoms with Crippen molar-refractivity contribution in [1.29, 1.82) is 0 Å². The second-order valence-corrected chi connectivity index (χ2v) is 8.72. The molecule has 0 spiro atoms. The van der Waals surface area contributed by atoms with Crippen LogP contribution in [0.15, 0.2) is 60.7 Å². The molecule has 0 heterocycles. The minimum Gasteiger partial charge on any atom is -0.480 e. The van der Waals surface area contributed by atoms with E-state index in [0.29, 0.717) is 0 Å². The third kappa shape index (κ3) is 8.99. The van der Waals surface area contributed by atoms with E-state index >= 15 is 0 Å². The standard InChI is InChI=1S/C25H32N4O6S/c1-15(30)21(26)24(33)27-18(12-16-8-4-2-5-9-16)22(31)29-20(14-36)23(32)28-19(25(34)35)13-17-10-6-3-7-11-17/h2-11,15,18-21,30,36H,12-14,26H2,1H3,(H,27,33)(H,28,32)(H,29,31)(H,34,35). The van der Waals surface area contributed by atoms with Gasteiger partial charge in [0.15, 0.2) is 0 Å². The summed E-state index contributed by atoms with van der Waals surface area (Å²) in [6.45, 7) is 1.35. The van der Waals surface area contributed by atoms with Crippen molar-refractivity contribution >= 4 is 36.3 Å². The average Bonchev–Trinajstić information content (AvgIpc) is 2.86. The molecule has 7 N–H and O–H groups in total. The molecule has 5 unspecified atom stereocenters. The van der Waals surface area contributed by atoms with E-state index in [1.165, 1.54) is 6.92 Å². The van der Waals surface area contributed by atoms with Gasteiger partial charge in [0, 0.05) is 18.6 Å². The fraction of sp³-hybridized carbons (Fsp3) is 0.360. The van der Waals surface area contributed by atoms with E-state index in [2.05, 4.69) is 28.6 Å². The number of carbonyl (C=O) groups excluding carboxylic acids is 3. The highest BCUT2D eigenvalue weighted by atomic mass is 32.1. The molecule has 0 aliphatic carbocycles. The number of hydrogen-bond acceptors (Lipinski definition) is 7. The van der Waals surface area contributed by atoms with Gasteiger partial charge in [-0.25, -0.2) is 4.79 Å². The number of nitrogens with two attached hydrogens (primary N) is 1. The van der Waals surface area contributed by atoms with E-state index in [1.54, 1.807) is 60.7 Å². The lowest BCUT2D eigenvalue weighted by Gasteiger charge is -2.25. The van der Waals surface area contributed by atoms with E-state index < -0.39 is 54.0 Å². The lowest BCUT2D eigenvalue weighted by Crippen LogP contribution is -2.59. The Kier molecular flexibility index (Phi) is 11.4. The zero-order chi connectivity index (χ0) is 26.7. The molecule has 0 saturated carbocycles. The van der Waals surface area contributed by atoms with E-state index in [0.717, 1.165) is 11.1 Å². The number of aliphatic hydroxyl groups is 1. The van der Waals surface area contributed by atoms with Crippen molar-refractivity contribution in [3.05, 3.63) is 71.8 Å². The molecule has 36 heavy (non-hydrogen) atoms. The quantitative estimate of drug-likeness (QED) is 0.178. The first-order valence-electron chi connectivity index (χ1n) is 11.4. The Morgan fingerprint density at radius 3 is 1.64 bits per heavy atom. The van der Waals surface area contributed by atoms with Crippen LogP contribution >= 0.6 is 12.6 Å². The van der Waals surface area contributed by atoms with Crippen molar-refractivity contribution in [2.45, 2.75) is 50.0 Å². The van der Waals surface area contributed by atoms with Gasteiger partial charge in [-0.3, -0.25) is 14.4 Å². The molecule has 0 aliphatic rings. The topological polar surface area (TPSA) is 171 Å². The molecule has 0 aromatic heterocycles. The lowest BCUT2D eigenvalue weighted by molar-refractivity contribution is -0.142. The molecule has 5 atom stereocenters. The van der Waals surface area contributed by atoms with Gasteiger partial charge < -0.3 is 31.9 Å². The van der Waals surface area contributed by atoms with Crippen LogP contribution < -0.4 is 21.7 Å². The van der Waals surface area contributed by atoms with Gasteiger partial charge in [0.1, 0.15) is 24.2 Å². The van der Waals surface area contributed by atoms with Gasteiger partial charge in [-0.05, 0) is 18.1 Å². The summed E-state index contributed by atoms with van der Waals surface area (Å²) in [6.07, 6.45) is -0.990. The molecule has 11 heteroatoms. The van der Waals surface area contributed by atoms with Crippen LogP contribution in [-0.4, -0.2) is 69.9 Å². The largest absolute Gasteiger partial charge is 0.480 e. The second kappa shape index (κ2) is 14.2. The smallest absolute Gasteiger partial charge is 0.326 e. The van der Waals surface area contributed by atoms with Crippen molar-refractivity contribution in [3.63, 3.8) is 0 Å². The predicted octanol–water partition coefficient (Wildman–Crippen LogP) is -0.351. The van der Waals surface area contributed by atoms with Gasteiger partial charge in [0.25, 0.3) is 0 Å². The molecule has 0 bridgehead atoms. The molecule has 0 radical (unpaired) electrons. The Labute approximate surface area is 215 Å². The number of benzene rings is 2. The maximum atomic E-state index is 13.1. The first kappa shape index (κ1) is 28.8. The second-order valence-electron chi connectivity index (χ2n) is 8.35. The molecule has 2 aromatic rings. The van der Waals surface area contributed by atoms with E-state index in [1.807, 2.05) is 0 Å². The van der Waals surface area contributed by atoms with Gasteiger partial charge in [0.05, 0.1) is 6.10 Å². The number of amides is 3. The predicted molar refractivity (Wildman–Crippen MR) is 137 cm³/mol. The zero-order valence-electron chi connectivity index (χ0n) is 19.8. The highest BCUT2D eigenvalue weighted by Gasteiger charge is 2.30. The van der Waals surface area contributed by atoms with Crippen molar-refractivity contribution in [2.24, 2.45) is 5.73 Å². The summed E-state index contributed by atoms with van der Waals surface area (Å²) in [6, 6.07) is 12.9. The Morgan fingerprint density at radius 2 is 1.19 bits per heavy atom. The molecule has 10 nitrogen and oxygen atoms in total. The number of nitrogens with one attached hydrogen (secondary N) is 3. The van der Waals surface area contributed by atoms with Crippen molar-refractivity contribution in [3.8, 4) is 0 Å². The molecular formula is C25H32N4O6S. The maximum Gasteiger partial charge on any atom is 0.326 e. The number of aliphatic hydroxyl groups excluding tert-OH is 1. The van der Waals surface area contributed by atoms with E-state index in [4.69, 9.17) is 5.73 Å². The fourth-order valence-electron chi connectivity index (χ4n) is 3.33. The van der Waals surface area contributed by atoms with Gasteiger partial charge in [-0.15, -0.1) is 0 Å². The minimum absolute atomic E-state index is 0.0546. The third-order valence-corrected chi connectivity index (χ3v) is 5.82. The fourth-order valence-corrected chi connectivity index (χ4v) is 3.59. The molecule has 0 aliphatic heterocycles. The van der Waals surface area contributed by atoms with Gasteiger partial charge in [-0.2, -0.15) is 12.6 Å². The van der Waals surface area contributed by atoms with E-state index in [-0.39, 0.29) is 18.6 Å². The van der Waals surface area contributed by atoms with Crippen LogP contribution in [0.4, 0.5) is 0 Å². The number of carbonyl (C=O) groups is 4. The number of aliphatic carboxylic acids is 1. The number of rotatable bonds is 13. The maximum absolute atomic E-state index is 13.1. The minimum atomic E-state index is -1.26. The SMILES string of the molecule is CC(O)C(N)C(=O)NC(Cc1ccccc1)C(=O)NC(CS)C(=O)NC(Cc1ccccc1)C(=O)O. The monoisotopic (exact) mass is 516 g/mol. The summed E-state index contributed by atoms with van der Waals surface area (Å²) in [5.74, 6) is -3.49. The molecule has 2 aromatic carbocycles. The summed E-state index contributed by atoms with van der Waals surface area (Å²) < 4.78 is 0. The van der Waals surface area contributed by atoms with Crippen LogP contribution in [0.5, 0.6) is 0 Å². The Balaban J connectivity index is 2.13. The molecule has 3 amide bonds. The number of carboxylic acid groups (broad SMARTS) is 1. The highest BCUT2D eigenvalue weighted by Crippen LogP contribution is 2.07. The van der Waals surface area contributed by atoms with Crippen LogP contribution in [0.3, 0.4) is 0 Å². The first-order valence-corrected chi connectivity index (χ1v) is 12.0. The number of carboxylic acids is 1. The lowest BCUT2D eigenvalue weighted by atomic mass is 10.0. The number of thiol groups is 1. The number of hydrogen-bond donors (Lipinski definition) is 7. The van der Waals surface area contributed by atoms with Crippen LogP contribution in [0.25, 0.3) is 0 Å². The third-order valence-electron chi connectivity index (χ3n) is 5.45. The first-order chi connectivity index (χ1) is 17.1. The van der Waals surface area contributed by atoms with Crippen molar-refractivity contribution in [1.82, 2.24) is 16.0 Å². The molecule has 0 saturated heterocycles. The Morgan fingerprint density at radius 1 is 0.778 bits per heavy atom. The molecule has 0 fully saturated rings. The summed E-state index contributed by atoms with van der Waals surface area (Å²) in [5.41, 5.74) is 7.16. The van der Waals surface area contributed by atoms with Crippen LogP contribution in [0, 0.1) is 0 Å². The van der Waals surface area contributed by atoms with Crippen LogP contribution in [-0.2, 0) is 32.0 Å². The van der Waals surface area contributed by atoms with Gasteiger partial charge >= 0.3 is 5.97 Å².